The molecule has 9 nitrogen and oxygen atoms in total. The van der Waals surface area contributed by atoms with Crippen LogP contribution in [-0.4, -0.2) is 49.6 Å². The fourth-order valence-electron chi connectivity index (χ4n) is 3.97. The number of aryl methyl sites for hydroxylation is 1. The first-order valence-electron chi connectivity index (χ1n) is 11.1. The quantitative estimate of drug-likeness (QED) is 0.367. The molecule has 0 spiro atoms. The molecule has 2 aromatic heterocycles. The lowest BCUT2D eigenvalue weighted by Gasteiger charge is -2.26. The van der Waals surface area contributed by atoms with Crippen LogP contribution in [0.15, 0.2) is 48.5 Å². The molecule has 0 saturated carbocycles. The van der Waals surface area contributed by atoms with Gasteiger partial charge >= 0.3 is 0 Å². The lowest BCUT2D eigenvalue weighted by atomic mass is 9.98. The van der Waals surface area contributed by atoms with Crippen molar-refractivity contribution in [2.75, 3.05) is 14.2 Å². The smallest absolute Gasteiger partial charge is 0.231 e. The molecule has 0 saturated heterocycles. The number of H-pyrrole nitrogens is 1. The number of aromatic nitrogens is 7. The van der Waals surface area contributed by atoms with E-state index >= 15 is 0 Å². The Balaban J connectivity index is 1.62. The molecule has 0 aliphatic rings. The monoisotopic (exact) mass is 447 g/mol. The highest BCUT2D eigenvalue weighted by molar-refractivity contribution is 5.80. The third kappa shape index (κ3) is 4.55. The normalized spacial score (nSPS) is 11.8. The number of ether oxygens (including phenoxy) is 2. The number of methoxy groups -OCH3 is 2. The summed E-state index contributed by atoms with van der Waals surface area (Å²) in [7, 11) is 3.25. The van der Waals surface area contributed by atoms with Gasteiger partial charge in [0.15, 0.2) is 5.82 Å². The average Bonchev–Trinajstić information content (AvgIpc) is 3.53. The van der Waals surface area contributed by atoms with E-state index in [4.69, 9.17) is 19.6 Å². The molecule has 0 fully saturated rings. The molecule has 0 amide bonds. The first-order chi connectivity index (χ1) is 16.1. The summed E-state index contributed by atoms with van der Waals surface area (Å²) in [4.78, 5) is 4.81. The van der Waals surface area contributed by atoms with Crippen LogP contribution in [0.25, 0.3) is 22.5 Å². The molecule has 0 radical (unpaired) electrons. The summed E-state index contributed by atoms with van der Waals surface area (Å²) in [5, 5.41) is 19.0. The molecule has 0 aliphatic heterocycles. The third-order valence-electron chi connectivity index (χ3n) is 5.80. The minimum Gasteiger partial charge on any atom is -0.347 e. The Morgan fingerprint density at radius 1 is 0.970 bits per heavy atom. The number of benzene rings is 2. The molecule has 4 rings (SSSR count). The maximum atomic E-state index is 5.65. The minimum atomic E-state index is -0.934. The van der Waals surface area contributed by atoms with Crippen LogP contribution < -0.4 is 0 Å². The van der Waals surface area contributed by atoms with Gasteiger partial charge < -0.3 is 9.47 Å². The summed E-state index contributed by atoms with van der Waals surface area (Å²) < 4.78 is 13.3. The van der Waals surface area contributed by atoms with Gasteiger partial charge in [0.1, 0.15) is 5.82 Å². The van der Waals surface area contributed by atoms with Gasteiger partial charge in [-0.25, -0.2) is 14.8 Å². The molecule has 33 heavy (non-hydrogen) atoms. The fraction of sp³-hybridized carbons (Fsp3) is 0.375. The van der Waals surface area contributed by atoms with Crippen LogP contribution in [0.3, 0.4) is 0 Å². The van der Waals surface area contributed by atoms with Gasteiger partial charge in [0.05, 0.1) is 0 Å². The van der Waals surface area contributed by atoms with E-state index in [2.05, 4.69) is 57.9 Å². The average molecular weight is 448 g/mol. The molecule has 172 valence electrons. The molecule has 2 heterocycles. The molecule has 0 atom stereocenters. The SMILES string of the molecule is CCCn1nc(C(CC)(OC)OC)nc1Cc1ccc(-c2ccccc2-c2nnn[nH]2)cc1. The molecule has 0 bridgehead atoms. The minimum absolute atomic E-state index is 0.560. The second-order valence-corrected chi connectivity index (χ2v) is 7.76. The van der Waals surface area contributed by atoms with Gasteiger partial charge in [-0.15, -0.1) is 5.10 Å². The summed E-state index contributed by atoms with van der Waals surface area (Å²) >= 11 is 0. The van der Waals surface area contributed by atoms with Crippen molar-refractivity contribution >= 4 is 0 Å². The number of hydrogen-bond donors (Lipinski definition) is 1. The van der Waals surface area contributed by atoms with Crippen LogP contribution in [0.4, 0.5) is 0 Å². The van der Waals surface area contributed by atoms with Crippen LogP contribution in [0, 0.1) is 0 Å². The van der Waals surface area contributed by atoms with E-state index in [9.17, 15) is 0 Å². The molecule has 9 heteroatoms. The Labute approximate surface area is 193 Å². The Morgan fingerprint density at radius 2 is 1.70 bits per heavy atom. The van der Waals surface area contributed by atoms with Gasteiger partial charge in [-0.3, -0.25) is 0 Å². The van der Waals surface area contributed by atoms with Crippen molar-refractivity contribution in [3.63, 3.8) is 0 Å². The van der Waals surface area contributed by atoms with Crippen molar-refractivity contribution in [3.8, 4) is 22.5 Å². The summed E-state index contributed by atoms with van der Waals surface area (Å²) in [6, 6.07) is 16.5. The first-order valence-corrected chi connectivity index (χ1v) is 11.1. The molecule has 4 aromatic rings. The van der Waals surface area contributed by atoms with E-state index in [1.807, 2.05) is 29.8 Å². The standard InChI is InChI=1S/C24H29N7O2/c1-5-15-31-21(25-23(28-31)24(6-2,32-3)33-4)16-17-11-13-18(14-12-17)19-9-7-8-10-20(19)22-26-29-30-27-22/h7-14H,5-6,15-16H2,1-4H3,(H,26,27,29,30). The van der Waals surface area contributed by atoms with E-state index in [0.29, 0.717) is 24.5 Å². The highest BCUT2D eigenvalue weighted by Gasteiger charge is 2.35. The van der Waals surface area contributed by atoms with Gasteiger partial charge in [-0.1, -0.05) is 62.4 Å². The molecule has 1 N–H and O–H groups in total. The molecule has 0 aliphatic carbocycles. The van der Waals surface area contributed by atoms with Crippen molar-refractivity contribution in [1.29, 1.82) is 0 Å². The van der Waals surface area contributed by atoms with Gasteiger partial charge in [0, 0.05) is 39.2 Å². The van der Waals surface area contributed by atoms with E-state index in [-0.39, 0.29) is 0 Å². The number of hydrogen-bond acceptors (Lipinski definition) is 7. The predicted molar refractivity (Wildman–Crippen MR) is 124 cm³/mol. The largest absolute Gasteiger partial charge is 0.347 e. The zero-order valence-electron chi connectivity index (χ0n) is 19.4. The van der Waals surface area contributed by atoms with Crippen LogP contribution in [0.5, 0.6) is 0 Å². The topological polar surface area (TPSA) is 104 Å². The molecule has 2 aromatic carbocycles. The van der Waals surface area contributed by atoms with E-state index in [1.54, 1.807) is 14.2 Å². The van der Waals surface area contributed by atoms with Gasteiger partial charge in [0.25, 0.3) is 0 Å². The maximum Gasteiger partial charge on any atom is 0.231 e. The third-order valence-corrected chi connectivity index (χ3v) is 5.80. The Kier molecular flexibility index (Phi) is 6.90. The van der Waals surface area contributed by atoms with Crippen molar-refractivity contribution in [1.82, 2.24) is 35.4 Å². The van der Waals surface area contributed by atoms with E-state index in [1.165, 1.54) is 0 Å². The van der Waals surface area contributed by atoms with Crippen LogP contribution in [0.1, 0.15) is 43.9 Å². The summed E-state index contributed by atoms with van der Waals surface area (Å²) in [5.74, 6) is 1.16. The van der Waals surface area contributed by atoms with Crippen LogP contribution in [-0.2, 0) is 28.2 Å². The Bertz CT molecular complexity index is 1160. The predicted octanol–water partition coefficient (Wildman–Crippen LogP) is 3.98. The van der Waals surface area contributed by atoms with Gasteiger partial charge in [-0.05, 0) is 33.5 Å². The van der Waals surface area contributed by atoms with Crippen molar-refractivity contribution in [3.05, 3.63) is 65.7 Å². The van der Waals surface area contributed by atoms with Crippen LogP contribution >= 0.6 is 0 Å². The van der Waals surface area contributed by atoms with Gasteiger partial charge in [0.2, 0.25) is 11.6 Å². The lowest BCUT2D eigenvalue weighted by Crippen LogP contribution is -2.31. The lowest BCUT2D eigenvalue weighted by molar-refractivity contribution is -0.222. The van der Waals surface area contributed by atoms with E-state index < -0.39 is 5.79 Å². The van der Waals surface area contributed by atoms with Crippen molar-refractivity contribution in [2.24, 2.45) is 0 Å². The van der Waals surface area contributed by atoms with E-state index in [0.717, 1.165) is 41.0 Å². The number of tetrazole rings is 1. The van der Waals surface area contributed by atoms with Gasteiger partial charge in [-0.2, -0.15) is 5.10 Å². The summed E-state index contributed by atoms with van der Waals surface area (Å²) in [6.07, 6.45) is 2.24. The molecule has 0 unspecified atom stereocenters. The number of nitrogens with one attached hydrogen (secondary N) is 1. The Morgan fingerprint density at radius 3 is 2.30 bits per heavy atom. The first kappa shape index (κ1) is 22.8. The molecular formula is C24H29N7O2. The second-order valence-electron chi connectivity index (χ2n) is 7.76. The van der Waals surface area contributed by atoms with Crippen LogP contribution in [0.2, 0.25) is 0 Å². The zero-order valence-corrected chi connectivity index (χ0v) is 19.4. The highest BCUT2D eigenvalue weighted by Crippen LogP contribution is 2.30. The van der Waals surface area contributed by atoms with Crippen molar-refractivity contribution < 1.29 is 9.47 Å². The Hall–Kier alpha value is -3.43. The number of aromatic amines is 1. The fourth-order valence-corrected chi connectivity index (χ4v) is 3.97. The zero-order chi connectivity index (χ0) is 23.3. The number of nitrogens with zero attached hydrogens (tertiary/aromatic N) is 6. The maximum absolute atomic E-state index is 5.65. The summed E-state index contributed by atoms with van der Waals surface area (Å²) in [6.45, 7) is 4.91. The summed E-state index contributed by atoms with van der Waals surface area (Å²) in [5.41, 5.74) is 4.25. The van der Waals surface area contributed by atoms with Crippen molar-refractivity contribution in [2.45, 2.75) is 45.4 Å². The highest BCUT2D eigenvalue weighted by atomic mass is 16.7. The number of rotatable bonds is 10. The second kappa shape index (κ2) is 10.0. The molecular weight excluding hydrogens is 418 g/mol.